The number of ketones is 1. The summed E-state index contributed by atoms with van der Waals surface area (Å²) in [5.74, 6) is 1.13. The predicted octanol–water partition coefficient (Wildman–Crippen LogP) is 1.32. The molecule has 2 rings (SSSR count). The van der Waals surface area contributed by atoms with Crippen molar-refractivity contribution in [3.63, 3.8) is 0 Å². The average Bonchev–Trinajstić information content (AvgIpc) is 3.04. The van der Waals surface area contributed by atoms with Gasteiger partial charge >= 0.3 is 0 Å². The van der Waals surface area contributed by atoms with Crippen LogP contribution in [0, 0.1) is 12.8 Å². The summed E-state index contributed by atoms with van der Waals surface area (Å²) in [5, 5.41) is 0. The number of aromatic nitrogens is 2. The van der Waals surface area contributed by atoms with Crippen LogP contribution < -0.4 is 4.74 Å². The van der Waals surface area contributed by atoms with Gasteiger partial charge in [-0.25, -0.2) is 9.97 Å². The van der Waals surface area contributed by atoms with Crippen LogP contribution in [-0.2, 0) is 11.2 Å². The smallest absolute Gasteiger partial charge is 0.219 e. The Morgan fingerprint density at radius 3 is 2.87 bits per heavy atom. The van der Waals surface area contributed by atoms with E-state index >= 15 is 0 Å². The van der Waals surface area contributed by atoms with Gasteiger partial charge in [-0.2, -0.15) is 0 Å². The van der Waals surface area contributed by atoms with Gasteiger partial charge in [0.2, 0.25) is 5.88 Å². The fraction of sp³-hybridized carbons (Fsp3) is 0.545. The third-order valence-corrected chi connectivity index (χ3v) is 2.71. The Labute approximate surface area is 88.7 Å². The summed E-state index contributed by atoms with van der Waals surface area (Å²) in [6.07, 6.45) is 3.94. The van der Waals surface area contributed by atoms with Gasteiger partial charge in [-0.15, -0.1) is 0 Å². The highest BCUT2D eigenvalue weighted by atomic mass is 16.5. The first kappa shape index (κ1) is 10.1. The second-order valence-corrected chi connectivity index (χ2v) is 3.87. The van der Waals surface area contributed by atoms with Crippen LogP contribution in [0.25, 0.3) is 0 Å². The lowest BCUT2D eigenvalue weighted by molar-refractivity contribution is -0.119. The van der Waals surface area contributed by atoms with E-state index in [0.29, 0.717) is 18.1 Å². The summed E-state index contributed by atoms with van der Waals surface area (Å²) in [6.45, 7) is 1.88. The molecule has 1 saturated carbocycles. The highest BCUT2D eigenvalue weighted by Gasteiger charge is 2.29. The molecule has 0 aromatic carbocycles. The Morgan fingerprint density at radius 1 is 1.53 bits per heavy atom. The van der Waals surface area contributed by atoms with Gasteiger partial charge in [0.05, 0.1) is 12.8 Å². The quantitative estimate of drug-likeness (QED) is 0.745. The number of methoxy groups -OCH3 is 1. The van der Waals surface area contributed by atoms with Crippen LogP contribution in [0.2, 0.25) is 0 Å². The van der Waals surface area contributed by atoms with E-state index in [9.17, 15) is 4.79 Å². The third-order valence-electron chi connectivity index (χ3n) is 2.71. The molecule has 0 unspecified atom stereocenters. The zero-order chi connectivity index (χ0) is 10.8. The Kier molecular flexibility index (Phi) is 2.66. The van der Waals surface area contributed by atoms with E-state index in [-0.39, 0.29) is 5.92 Å². The maximum Gasteiger partial charge on any atom is 0.219 e. The number of carbonyl (C=O) groups is 1. The van der Waals surface area contributed by atoms with Crippen molar-refractivity contribution >= 4 is 5.78 Å². The van der Waals surface area contributed by atoms with Gasteiger partial charge in [0.25, 0.3) is 0 Å². The summed E-state index contributed by atoms with van der Waals surface area (Å²) >= 11 is 0. The maximum atomic E-state index is 11.6. The molecular formula is C11H14N2O2. The van der Waals surface area contributed by atoms with E-state index in [0.717, 1.165) is 24.1 Å². The first-order chi connectivity index (χ1) is 7.22. The molecule has 1 aliphatic rings. The average molecular weight is 206 g/mol. The molecule has 0 bridgehead atoms. The number of carbonyl (C=O) groups excluding carboxylic acids is 1. The van der Waals surface area contributed by atoms with Crippen LogP contribution in [0.15, 0.2) is 6.33 Å². The van der Waals surface area contributed by atoms with Crippen molar-refractivity contribution in [2.75, 3.05) is 7.11 Å². The maximum absolute atomic E-state index is 11.6. The van der Waals surface area contributed by atoms with Crippen LogP contribution in [-0.4, -0.2) is 22.9 Å². The van der Waals surface area contributed by atoms with Crippen molar-refractivity contribution in [1.29, 1.82) is 0 Å². The second-order valence-electron chi connectivity index (χ2n) is 3.87. The van der Waals surface area contributed by atoms with Crippen molar-refractivity contribution in [2.24, 2.45) is 5.92 Å². The van der Waals surface area contributed by atoms with E-state index < -0.39 is 0 Å². The lowest BCUT2D eigenvalue weighted by atomic mass is 10.1. The van der Waals surface area contributed by atoms with Gasteiger partial charge in [0, 0.05) is 17.9 Å². The molecule has 15 heavy (non-hydrogen) atoms. The lowest BCUT2D eigenvalue weighted by Gasteiger charge is -2.06. The van der Waals surface area contributed by atoms with E-state index in [1.165, 1.54) is 6.33 Å². The van der Waals surface area contributed by atoms with E-state index in [4.69, 9.17) is 4.74 Å². The summed E-state index contributed by atoms with van der Waals surface area (Å²) in [4.78, 5) is 19.7. The lowest BCUT2D eigenvalue weighted by Crippen LogP contribution is -2.09. The van der Waals surface area contributed by atoms with Crippen LogP contribution in [0.4, 0.5) is 0 Å². The molecule has 0 saturated heterocycles. The first-order valence-electron chi connectivity index (χ1n) is 5.09. The molecule has 1 aromatic heterocycles. The number of hydrogen-bond donors (Lipinski definition) is 0. The number of ether oxygens (including phenoxy) is 1. The minimum atomic E-state index is 0.283. The van der Waals surface area contributed by atoms with Gasteiger partial charge in [0.1, 0.15) is 12.1 Å². The Balaban J connectivity index is 2.16. The molecule has 0 aliphatic heterocycles. The van der Waals surface area contributed by atoms with Crippen LogP contribution in [0.5, 0.6) is 5.88 Å². The first-order valence-corrected chi connectivity index (χ1v) is 5.09. The molecule has 1 heterocycles. The van der Waals surface area contributed by atoms with E-state index in [1.54, 1.807) is 7.11 Å². The second kappa shape index (κ2) is 3.96. The summed E-state index contributed by atoms with van der Waals surface area (Å²) < 4.78 is 5.08. The molecule has 1 aromatic rings. The summed E-state index contributed by atoms with van der Waals surface area (Å²) in [7, 11) is 1.57. The Hall–Kier alpha value is -1.45. The molecule has 1 aliphatic carbocycles. The van der Waals surface area contributed by atoms with Gasteiger partial charge < -0.3 is 4.74 Å². The Bertz CT molecular complexity index is 386. The fourth-order valence-electron chi connectivity index (χ4n) is 1.57. The predicted molar refractivity (Wildman–Crippen MR) is 54.8 cm³/mol. The molecular weight excluding hydrogens is 192 g/mol. The van der Waals surface area contributed by atoms with Crippen molar-refractivity contribution in [1.82, 2.24) is 9.97 Å². The Morgan fingerprint density at radius 2 is 2.27 bits per heavy atom. The fourth-order valence-corrected chi connectivity index (χ4v) is 1.57. The van der Waals surface area contributed by atoms with Crippen LogP contribution in [0.3, 0.4) is 0 Å². The molecule has 0 N–H and O–H groups in total. The highest BCUT2D eigenvalue weighted by molar-refractivity contribution is 5.85. The van der Waals surface area contributed by atoms with Crippen molar-refractivity contribution in [3.05, 3.63) is 17.6 Å². The number of nitrogens with zero attached hydrogens (tertiary/aromatic N) is 2. The number of rotatable bonds is 4. The van der Waals surface area contributed by atoms with Gasteiger partial charge in [-0.1, -0.05) is 0 Å². The molecule has 1 fully saturated rings. The van der Waals surface area contributed by atoms with Crippen LogP contribution in [0.1, 0.15) is 24.1 Å². The normalized spacial score (nSPS) is 15.1. The molecule has 0 spiro atoms. The number of Topliss-reactive ketones (excluding diaryl/α,β-unsaturated/α-hetero) is 1. The van der Waals surface area contributed by atoms with Gasteiger partial charge in [0.15, 0.2) is 0 Å². The van der Waals surface area contributed by atoms with Crippen LogP contribution >= 0.6 is 0 Å². The molecule has 0 radical (unpaired) electrons. The zero-order valence-corrected chi connectivity index (χ0v) is 8.99. The largest absolute Gasteiger partial charge is 0.481 e. The van der Waals surface area contributed by atoms with E-state index in [2.05, 4.69) is 9.97 Å². The summed E-state index contributed by atoms with van der Waals surface area (Å²) in [6, 6.07) is 0. The standard InChI is InChI=1S/C11H14N2O2/c1-7-9(5-10(14)8-3-4-8)12-6-13-11(7)15-2/h6,8H,3-5H2,1-2H3. The number of hydrogen-bond acceptors (Lipinski definition) is 4. The van der Waals surface area contributed by atoms with Gasteiger partial charge in [-0.05, 0) is 19.8 Å². The molecule has 80 valence electrons. The topological polar surface area (TPSA) is 52.1 Å². The van der Waals surface area contributed by atoms with E-state index in [1.807, 2.05) is 6.92 Å². The minimum absolute atomic E-state index is 0.283. The minimum Gasteiger partial charge on any atom is -0.481 e. The summed E-state index contributed by atoms with van der Waals surface area (Å²) in [5.41, 5.74) is 1.66. The molecule has 4 nitrogen and oxygen atoms in total. The van der Waals surface area contributed by atoms with Crippen molar-refractivity contribution < 1.29 is 9.53 Å². The monoisotopic (exact) mass is 206 g/mol. The van der Waals surface area contributed by atoms with Crippen molar-refractivity contribution in [3.8, 4) is 5.88 Å². The van der Waals surface area contributed by atoms with Gasteiger partial charge in [-0.3, -0.25) is 4.79 Å². The zero-order valence-electron chi connectivity index (χ0n) is 8.99. The molecule has 0 atom stereocenters. The van der Waals surface area contributed by atoms with Crippen molar-refractivity contribution in [2.45, 2.75) is 26.2 Å². The molecule has 0 amide bonds. The SMILES string of the molecule is COc1ncnc(CC(=O)C2CC2)c1C. The third kappa shape index (κ3) is 2.14. The highest BCUT2D eigenvalue weighted by Crippen LogP contribution is 2.31. The molecule has 4 heteroatoms.